The summed E-state index contributed by atoms with van der Waals surface area (Å²) < 4.78 is 7.29. The summed E-state index contributed by atoms with van der Waals surface area (Å²) in [6.45, 7) is 2.75. The number of pyridine rings is 1. The van der Waals surface area contributed by atoms with Crippen LogP contribution in [0.5, 0.6) is 5.88 Å². The molecule has 2 heterocycles. The van der Waals surface area contributed by atoms with Gasteiger partial charge in [0.1, 0.15) is 11.3 Å². The Morgan fingerprint density at radius 3 is 3.06 bits per heavy atom. The zero-order chi connectivity index (χ0) is 12.1. The van der Waals surface area contributed by atoms with Crippen LogP contribution in [-0.4, -0.2) is 22.3 Å². The van der Waals surface area contributed by atoms with Gasteiger partial charge in [-0.15, -0.1) is 0 Å². The van der Waals surface area contributed by atoms with E-state index >= 15 is 0 Å². The lowest BCUT2D eigenvalue weighted by Crippen LogP contribution is -2.00. The minimum absolute atomic E-state index is 0.433. The van der Waals surface area contributed by atoms with E-state index in [0.717, 1.165) is 31.2 Å². The monoisotopic (exact) mass is 232 g/mol. The summed E-state index contributed by atoms with van der Waals surface area (Å²) in [7, 11) is 0. The minimum atomic E-state index is 0.433. The number of fused-ring (bicyclic) bond motifs is 1. The van der Waals surface area contributed by atoms with Crippen LogP contribution in [0.25, 0.3) is 5.65 Å². The molecule has 0 aliphatic rings. The first kappa shape index (κ1) is 11.6. The van der Waals surface area contributed by atoms with Gasteiger partial charge in [0, 0.05) is 6.20 Å². The van der Waals surface area contributed by atoms with Crippen molar-refractivity contribution in [1.82, 2.24) is 9.38 Å². The number of aromatic nitrogens is 2. The molecule has 0 saturated carbocycles. The summed E-state index contributed by atoms with van der Waals surface area (Å²) in [4.78, 5) is 15.3. The van der Waals surface area contributed by atoms with Gasteiger partial charge in [-0.3, -0.25) is 9.20 Å². The molecule has 0 aliphatic carbocycles. The molecule has 0 N–H and O–H groups in total. The number of carbonyl (C=O) groups is 1. The van der Waals surface area contributed by atoms with E-state index in [0.29, 0.717) is 18.2 Å². The van der Waals surface area contributed by atoms with Gasteiger partial charge < -0.3 is 4.74 Å². The molecule has 17 heavy (non-hydrogen) atoms. The largest absolute Gasteiger partial charge is 0.476 e. The van der Waals surface area contributed by atoms with Crippen molar-refractivity contribution in [2.45, 2.75) is 26.2 Å². The van der Waals surface area contributed by atoms with Crippen LogP contribution in [-0.2, 0) is 0 Å². The molecule has 0 unspecified atom stereocenters. The summed E-state index contributed by atoms with van der Waals surface area (Å²) in [6.07, 6.45) is 5.86. The van der Waals surface area contributed by atoms with Crippen LogP contribution < -0.4 is 4.74 Å². The van der Waals surface area contributed by atoms with Crippen molar-refractivity contribution in [3.63, 3.8) is 0 Å². The summed E-state index contributed by atoms with van der Waals surface area (Å²) in [5.74, 6) is 0.433. The van der Waals surface area contributed by atoms with Gasteiger partial charge in [-0.05, 0) is 18.6 Å². The molecular weight excluding hydrogens is 216 g/mol. The number of imidazole rings is 1. The standard InChI is InChI=1S/C13H16N2O2/c1-2-3-6-9-17-13-11(10-16)15-8-5-4-7-12(15)14-13/h4-5,7-8,10H,2-3,6,9H2,1H3. The van der Waals surface area contributed by atoms with Crippen molar-refractivity contribution in [2.24, 2.45) is 0 Å². The van der Waals surface area contributed by atoms with Crippen LogP contribution in [0.4, 0.5) is 0 Å². The fourth-order valence-corrected chi connectivity index (χ4v) is 1.73. The Kier molecular flexibility index (Phi) is 3.75. The molecule has 0 radical (unpaired) electrons. The Balaban J connectivity index is 2.18. The molecule has 0 amide bonds. The molecule has 0 saturated heterocycles. The number of nitrogens with zero attached hydrogens (tertiary/aromatic N) is 2. The van der Waals surface area contributed by atoms with Gasteiger partial charge in [0.05, 0.1) is 6.61 Å². The smallest absolute Gasteiger partial charge is 0.243 e. The molecule has 0 aliphatic heterocycles. The third kappa shape index (κ3) is 2.46. The topological polar surface area (TPSA) is 43.6 Å². The fourth-order valence-electron chi connectivity index (χ4n) is 1.73. The molecule has 2 aromatic rings. The van der Waals surface area contributed by atoms with Crippen LogP contribution in [0.1, 0.15) is 36.7 Å². The van der Waals surface area contributed by atoms with Crippen LogP contribution >= 0.6 is 0 Å². The van der Waals surface area contributed by atoms with E-state index in [2.05, 4.69) is 11.9 Å². The number of hydrogen-bond donors (Lipinski definition) is 0. The third-order valence-corrected chi connectivity index (χ3v) is 2.63. The normalized spacial score (nSPS) is 10.6. The van der Waals surface area contributed by atoms with Crippen molar-refractivity contribution >= 4 is 11.9 Å². The van der Waals surface area contributed by atoms with Crippen molar-refractivity contribution in [3.05, 3.63) is 30.1 Å². The van der Waals surface area contributed by atoms with E-state index in [1.54, 1.807) is 4.40 Å². The van der Waals surface area contributed by atoms with Gasteiger partial charge in [-0.2, -0.15) is 4.98 Å². The Morgan fingerprint density at radius 1 is 1.41 bits per heavy atom. The highest BCUT2D eigenvalue weighted by molar-refractivity contribution is 5.78. The molecule has 0 fully saturated rings. The number of aldehydes is 1. The van der Waals surface area contributed by atoms with Crippen LogP contribution in [0.15, 0.2) is 24.4 Å². The molecule has 0 atom stereocenters. The SMILES string of the molecule is CCCCCOc1nc2ccccn2c1C=O. The highest BCUT2D eigenvalue weighted by atomic mass is 16.5. The van der Waals surface area contributed by atoms with E-state index in [1.807, 2.05) is 24.4 Å². The number of hydrogen-bond acceptors (Lipinski definition) is 3. The zero-order valence-electron chi connectivity index (χ0n) is 9.93. The van der Waals surface area contributed by atoms with E-state index in [4.69, 9.17) is 4.74 Å². The Hall–Kier alpha value is -1.84. The van der Waals surface area contributed by atoms with Crippen molar-refractivity contribution < 1.29 is 9.53 Å². The molecule has 0 aromatic carbocycles. The van der Waals surface area contributed by atoms with Gasteiger partial charge >= 0.3 is 0 Å². The van der Waals surface area contributed by atoms with Crippen LogP contribution in [0.2, 0.25) is 0 Å². The van der Waals surface area contributed by atoms with Gasteiger partial charge in [0.2, 0.25) is 5.88 Å². The number of ether oxygens (including phenoxy) is 1. The molecule has 2 rings (SSSR count). The van der Waals surface area contributed by atoms with Crippen LogP contribution in [0.3, 0.4) is 0 Å². The Labute approximate surface area is 100 Å². The fraction of sp³-hybridized carbons (Fsp3) is 0.385. The molecule has 0 spiro atoms. The van der Waals surface area contributed by atoms with Gasteiger partial charge in [-0.25, -0.2) is 0 Å². The molecule has 90 valence electrons. The second kappa shape index (κ2) is 5.48. The first-order chi connectivity index (χ1) is 8.36. The molecule has 2 aromatic heterocycles. The molecule has 4 heteroatoms. The molecular formula is C13H16N2O2. The highest BCUT2D eigenvalue weighted by Gasteiger charge is 2.11. The first-order valence-corrected chi connectivity index (χ1v) is 5.92. The summed E-state index contributed by atoms with van der Waals surface area (Å²) >= 11 is 0. The average Bonchev–Trinajstić information content (AvgIpc) is 2.72. The summed E-state index contributed by atoms with van der Waals surface area (Å²) in [6, 6.07) is 5.60. The molecule has 0 bridgehead atoms. The molecule has 4 nitrogen and oxygen atoms in total. The summed E-state index contributed by atoms with van der Waals surface area (Å²) in [5.41, 5.74) is 1.22. The van der Waals surface area contributed by atoms with Gasteiger partial charge in [0.15, 0.2) is 6.29 Å². The average molecular weight is 232 g/mol. The van der Waals surface area contributed by atoms with Crippen molar-refractivity contribution in [2.75, 3.05) is 6.61 Å². The lowest BCUT2D eigenvalue weighted by atomic mass is 10.3. The zero-order valence-corrected chi connectivity index (χ0v) is 9.93. The maximum atomic E-state index is 11.1. The Morgan fingerprint density at radius 2 is 2.29 bits per heavy atom. The van der Waals surface area contributed by atoms with Gasteiger partial charge in [0.25, 0.3) is 0 Å². The van der Waals surface area contributed by atoms with Crippen molar-refractivity contribution in [3.8, 4) is 5.88 Å². The lowest BCUT2D eigenvalue weighted by Gasteiger charge is -2.02. The van der Waals surface area contributed by atoms with E-state index in [1.165, 1.54) is 0 Å². The van der Waals surface area contributed by atoms with Crippen LogP contribution in [0, 0.1) is 0 Å². The van der Waals surface area contributed by atoms with Crippen molar-refractivity contribution in [1.29, 1.82) is 0 Å². The number of carbonyl (C=O) groups excluding carboxylic acids is 1. The highest BCUT2D eigenvalue weighted by Crippen LogP contribution is 2.18. The maximum absolute atomic E-state index is 11.1. The second-order valence-corrected chi connectivity index (χ2v) is 3.90. The summed E-state index contributed by atoms with van der Waals surface area (Å²) in [5, 5.41) is 0. The van der Waals surface area contributed by atoms with E-state index in [-0.39, 0.29) is 0 Å². The third-order valence-electron chi connectivity index (χ3n) is 2.63. The quantitative estimate of drug-likeness (QED) is 0.568. The van der Waals surface area contributed by atoms with E-state index < -0.39 is 0 Å². The Bertz CT molecular complexity index is 505. The number of unbranched alkanes of at least 4 members (excludes halogenated alkanes) is 2. The number of rotatable bonds is 6. The van der Waals surface area contributed by atoms with E-state index in [9.17, 15) is 4.79 Å². The predicted octanol–water partition coefficient (Wildman–Crippen LogP) is 2.72. The maximum Gasteiger partial charge on any atom is 0.243 e. The van der Waals surface area contributed by atoms with Gasteiger partial charge in [-0.1, -0.05) is 25.8 Å². The minimum Gasteiger partial charge on any atom is -0.476 e. The predicted molar refractivity (Wildman–Crippen MR) is 65.6 cm³/mol. The second-order valence-electron chi connectivity index (χ2n) is 3.90. The first-order valence-electron chi connectivity index (χ1n) is 5.92. The lowest BCUT2D eigenvalue weighted by molar-refractivity contribution is 0.111.